The van der Waals surface area contributed by atoms with Crippen LogP contribution < -0.4 is 14.8 Å². The van der Waals surface area contributed by atoms with Gasteiger partial charge in [0.1, 0.15) is 0 Å². The molecule has 178 valence electrons. The average molecular weight is 499 g/mol. The summed E-state index contributed by atoms with van der Waals surface area (Å²) in [5, 5.41) is 9.00. The van der Waals surface area contributed by atoms with Crippen LogP contribution in [0.5, 0.6) is 11.5 Å². The molecule has 0 saturated carbocycles. The minimum atomic E-state index is -0.284. The van der Waals surface area contributed by atoms with Gasteiger partial charge in [0.25, 0.3) is 5.89 Å². The number of hydrogen-bond acceptors (Lipinski definition) is 6. The summed E-state index contributed by atoms with van der Waals surface area (Å²) in [5.74, 6) is 2.49. The number of halogens is 1. The standard InChI is InChI=1S/C25H27ClN4O3S/c1-14(2)13-30-15(3)21(22(27-25(30)34)16-7-6-8-18(26)11-16)24-28-23(29-33-24)17-9-10-19(31-4)20(12-17)32-5/h6-12,14,22H,13H2,1-5H3,(H,27,34). The van der Waals surface area contributed by atoms with E-state index in [0.717, 1.165) is 28.9 Å². The molecule has 0 aliphatic carbocycles. The highest BCUT2D eigenvalue weighted by atomic mass is 35.5. The van der Waals surface area contributed by atoms with Crippen molar-refractivity contribution < 1.29 is 14.0 Å². The molecule has 0 amide bonds. The molecule has 7 nitrogen and oxygen atoms in total. The van der Waals surface area contributed by atoms with Gasteiger partial charge < -0.3 is 24.2 Å². The van der Waals surface area contributed by atoms with Crippen molar-refractivity contribution >= 4 is 34.5 Å². The number of nitrogens with one attached hydrogen (secondary N) is 1. The number of rotatable bonds is 7. The number of methoxy groups -OCH3 is 2. The predicted octanol–water partition coefficient (Wildman–Crippen LogP) is 5.73. The minimum Gasteiger partial charge on any atom is -0.493 e. The van der Waals surface area contributed by atoms with Gasteiger partial charge >= 0.3 is 0 Å². The van der Waals surface area contributed by atoms with Gasteiger partial charge in [0.15, 0.2) is 16.6 Å². The highest BCUT2D eigenvalue weighted by molar-refractivity contribution is 7.80. The summed E-state index contributed by atoms with van der Waals surface area (Å²) in [6.07, 6.45) is 0. The number of thiocarbonyl (C=S) groups is 1. The molecule has 1 N–H and O–H groups in total. The Morgan fingerprint density at radius 1 is 1.15 bits per heavy atom. The molecule has 1 unspecified atom stereocenters. The Labute approximate surface area is 209 Å². The van der Waals surface area contributed by atoms with Crippen LogP contribution in [-0.2, 0) is 0 Å². The van der Waals surface area contributed by atoms with E-state index >= 15 is 0 Å². The van der Waals surface area contributed by atoms with Crippen molar-refractivity contribution in [2.75, 3.05) is 20.8 Å². The molecule has 9 heteroatoms. The molecule has 3 aromatic rings. The molecule has 34 heavy (non-hydrogen) atoms. The molecule has 1 aliphatic rings. The van der Waals surface area contributed by atoms with Crippen LogP contribution in [0, 0.1) is 5.92 Å². The van der Waals surface area contributed by atoms with E-state index in [-0.39, 0.29) is 6.04 Å². The monoisotopic (exact) mass is 498 g/mol. The van der Waals surface area contributed by atoms with Crippen LogP contribution in [0.15, 0.2) is 52.7 Å². The van der Waals surface area contributed by atoms with Gasteiger partial charge in [-0.05, 0) is 61.0 Å². The zero-order chi connectivity index (χ0) is 24.4. The lowest BCUT2D eigenvalue weighted by atomic mass is 9.94. The maximum Gasteiger partial charge on any atom is 0.258 e. The van der Waals surface area contributed by atoms with Crippen molar-refractivity contribution in [2.24, 2.45) is 5.92 Å². The third-order valence-corrected chi connectivity index (χ3v) is 6.20. The Morgan fingerprint density at radius 2 is 1.91 bits per heavy atom. The lowest BCUT2D eigenvalue weighted by molar-refractivity contribution is 0.355. The molecule has 0 spiro atoms. The van der Waals surface area contributed by atoms with Gasteiger partial charge in [-0.1, -0.05) is 42.7 Å². The zero-order valence-corrected chi connectivity index (χ0v) is 21.3. The van der Waals surface area contributed by atoms with Gasteiger partial charge in [-0.3, -0.25) is 0 Å². The smallest absolute Gasteiger partial charge is 0.258 e. The number of ether oxygens (including phenoxy) is 2. The molecule has 0 fully saturated rings. The van der Waals surface area contributed by atoms with Gasteiger partial charge in [-0.15, -0.1) is 0 Å². The van der Waals surface area contributed by atoms with E-state index in [9.17, 15) is 0 Å². The van der Waals surface area contributed by atoms with Crippen LogP contribution in [-0.4, -0.2) is 40.9 Å². The SMILES string of the molecule is COc1ccc(-c2noc(C3=C(C)N(CC(C)C)C(=S)NC3c3cccc(Cl)c3)n2)cc1OC. The van der Waals surface area contributed by atoms with E-state index in [0.29, 0.717) is 39.3 Å². The van der Waals surface area contributed by atoms with E-state index in [1.807, 2.05) is 49.4 Å². The van der Waals surface area contributed by atoms with Gasteiger partial charge in [-0.25, -0.2) is 0 Å². The minimum absolute atomic E-state index is 0.284. The van der Waals surface area contributed by atoms with E-state index in [1.165, 1.54) is 0 Å². The first-order chi connectivity index (χ1) is 16.3. The maximum absolute atomic E-state index is 6.30. The van der Waals surface area contributed by atoms with Crippen molar-refractivity contribution in [3.63, 3.8) is 0 Å². The molecule has 1 aliphatic heterocycles. The number of hydrogen-bond donors (Lipinski definition) is 1. The largest absolute Gasteiger partial charge is 0.493 e. The molecular formula is C25H27ClN4O3S. The zero-order valence-electron chi connectivity index (χ0n) is 19.8. The number of benzene rings is 2. The molecule has 0 radical (unpaired) electrons. The number of aromatic nitrogens is 2. The second-order valence-corrected chi connectivity index (χ2v) is 9.26. The fraction of sp³-hybridized carbons (Fsp3) is 0.320. The van der Waals surface area contributed by atoms with Gasteiger partial charge in [0.2, 0.25) is 5.82 Å². The lowest BCUT2D eigenvalue weighted by Gasteiger charge is -2.38. The van der Waals surface area contributed by atoms with Crippen LogP contribution in [0.1, 0.15) is 38.3 Å². The van der Waals surface area contributed by atoms with E-state index in [2.05, 4.69) is 29.2 Å². The third-order valence-electron chi connectivity index (χ3n) is 5.62. The Kier molecular flexibility index (Phi) is 7.09. The second kappa shape index (κ2) is 10.0. The quantitative estimate of drug-likeness (QED) is 0.414. The Balaban J connectivity index is 1.81. The average Bonchev–Trinajstić information content (AvgIpc) is 3.30. The maximum atomic E-state index is 6.30. The summed E-state index contributed by atoms with van der Waals surface area (Å²) in [6, 6.07) is 12.9. The summed E-state index contributed by atoms with van der Waals surface area (Å²) >= 11 is 12.0. The summed E-state index contributed by atoms with van der Waals surface area (Å²) in [7, 11) is 3.19. The van der Waals surface area contributed by atoms with Crippen LogP contribution in [0.2, 0.25) is 5.02 Å². The summed E-state index contributed by atoms with van der Waals surface area (Å²) in [4.78, 5) is 6.83. The molecule has 2 heterocycles. The first-order valence-corrected chi connectivity index (χ1v) is 11.7. The summed E-state index contributed by atoms with van der Waals surface area (Å²) in [5.41, 5.74) is 3.53. The molecule has 2 aromatic carbocycles. The fourth-order valence-corrected chi connectivity index (χ4v) is 4.53. The lowest BCUT2D eigenvalue weighted by Crippen LogP contribution is -2.47. The van der Waals surface area contributed by atoms with E-state index < -0.39 is 0 Å². The molecule has 1 aromatic heterocycles. The van der Waals surface area contributed by atoms with E-state index in [4.69, 9.17) is 42.8 Å². The first kappa shape index (κ1) is 24.0. The van der Waals surface area contributed by atoms with Crippen molar-refractivity contribution in [3.05, 3.63) is 64.6 Å². The first-order valence-electron chi connectivity index (χ1n) is 10.9. The van der Waals surface area contributed by atoms with Crippen molar-refractivity contribution in [3.8, 4) is 22.9 Å². The third kappa shape index (κ3) is 4.74. The Hall–Kier alpha value is -3.10. The number of allylic oxidation sites excluding steroid dienone is 1. The van der Waals surface area contributed by atoms with Crippen LogP contribution in [0.3, 0.4) is 0 Å². The predicted molar refractivity (Wildman–Crippen MR) is 137 cm³/mol. The number of nitrogens with zero attached hydrogens (tertiary/aromatic N) is 3. The van der Waals surface area contributed by atoms with Crippen molar-refractivity contribution in [2.45, 2.75) is 26.8 Å². The Bertz CT molecular complexity index is 1240. The van der Waals surface area contributed by atoms with Gasteiger partial charge in [0, 0.05) is 22.8 Å². The molecule has 0 saturated heterocycles. The molecular weight excluding hydrogens is 472 g/mol. The fourth-order valence-electron chi connectivity index (χ4n) is 4.00. The highest BCUT2D eigenvalue weighted by Crippen LogP contribution is 2.39. The summed E-state index contributed by atoms with van der Waals surface area (Å²) < 4.78 is 16.6. The molecule has 4 rings (SSSR count). The highest BCUT2D eigenvalue weighted by Gasteiger charge is 2.34. The van der Waals surface area contributed by atoms with Crippen molar-refractivity contribution in [1.29, 1.82) is 0 Å². The topological polar surface area (TPSA) is 72.7 Å². The Morgan fingerprint density at radius 3 is 2.59 bits per heavy atom. The van der Waals surface area contributed by atoms with Crippen LogP contribution in [0.25, 0.3) is 17.0 Å². The van der Waals surface area contributed by atoms with Crippen LogP contribution >= 0.6 is 23.8 Å². The van der Waals surface area contributed by atoms with E-state index in [1.54, 1.807) is 14.2 Å². The van der Waals surface area contributed by atoms with Crippen molar-refractivity contribution in [1.82, 2.24) is 20.4 Å². The molecule has 0 bridgehead atoms. The second-order valence-electron chi connectivity index (χ2n) is 8.43. The van der Waals surface area contributed by atoms with Crippen LogP contribution in [0.4, 0.5) is 0 Å². The normalized spacial score (nSPS) is 16.1. The van der Waals surface area contributed by atoms with Gasteiger partial charge in [0.05, 0.1) is 25.8 Å². The van der Waals surface area contributed by atoms with Gasteiger partial charge in [-0.2, -0.15) is 4.98 Å². The summed E-state index contributed by atoms with van der Waals surface area (Å²) in [6.45, 7) is 7.10. The molecule has 1 atom stereocenters.